The summed E-state index contributed by atoms with van der Waals surface area (Å²) >= 11 is 0. The van der Waals surface area contributed by atoms with Crippen LogP contribution >= 0.6 is 0 Å². The number of nitrogens with zero attached hydrogens (tertiary/aromatic N) is 2. The number of hydrogen-bond donors (Lipinski definition) is 0. The smallest absolute Gasteiger partial charge is 0.254 e. The van der Waals surface area contributed by atoms with E-state index in [2.05, 4.69) is 4.90 Å². The van der Waals surface area contributed by atoms with Crippen molar-refractivity contribution in [2.24, 2.45) is 0 Å². The van der Waals surface area contributed by atoms with Crippen LogP contribution in [0, 0.1) is 0 Å². The molecule has 0 aliphatic carbocycles. The standard InChI is InChI=1S/C19H28N2O4/c1-23-16-8-14(9-17(11-16)24-2)19(22)21-13-18(25-3)10-15(21)12-20-6-4-5-7-20/h8-9,11,15,18H,4-7,10,12-13H2,1-3H3/t15-,18-/m0/s1. The first kappa shape index (κ1) is 18.0. The van der Waals surface area contributed by atoms with E-state index in [1.165, 1.54) is 12.8 Å². The molecular weight excluding hydrogens is 320 g/mol. The van der Waals surface area contributed by atoms with Gasteiger partial charge < -0.3 is 24.0 Å². The van der Waals surface area contributed by atoms with Crippen LogP contribution < -0.4 is 9.47 Å². The molecule has 1 aromatic rings. The molecule has 138 valence electrons. The fourth-order valence-electron chi connectivity index (χ4n) is 3.83. The third-order valence-electron chi connectivity index (χ3n) is 5.24. The lowest BCUT2D eigenvalue weighted by molar-refractivity contribution is 0.0669. The van der Waals surface area contributed by atoms with E-state index in [9.17, 15) is 4.79 Å². The van der Waals surface area contributed by atoms with Crippen LogP contribution in [-0.4, -0.2) is 75.4 Å². The zero-order valence-electron chi connectivity index (χ0n) is 15.4. The van der Waals surface area contributed by atoms with E-state index in [0.29, 0.717) is 23.6 Å². The van der Waals surface area contributed by atoms with Gasteiger partial charge in [-0.25, -0.2) is 0 Å². The van der Waals surface area contributed by atoms with E-state index in [4.69, 9.17) is 14.2 Å². The Labute approximate surface area is 149 Å². The van der Waals surface area contributed by atoms with Crippen LogP contribution in [0.15, 0.2) is 18.2 Å². The highest BCUT2D eigenvalue weighted by atomic mass is 16.5. The summed E-state index contributed by atoms with van der Waals surface area (Å²) in [5.74, 6) is 1.27. The molecule has 25 heavy (non-hydrogen) atoms. The summed E-state index contributed by atoms with van der Waals surface area (Å²) in [4.78, 5) is 17.6. The molecule has 1 amide bonds. The van der Waals surface area contributed by atoms with Crippen molar-refractivity contribution in [3.05, 3.63) is 23.8 Å². The van der Waals surface area contributed by atoms with Gasteiger partial charge in [0.15, 0.2) is 0 Å². The molecule has 0 bridgehead atoms. The Kier molecular flexibility index (Phi) is 5.81. The molecule has 2 aliphatic rings. The van der Waals surface area contributed by atoms with Gasteiger partial charge in [-0.2, -0.15) is 0 Å². The van der Waals surface area contributed by atoms with Gasteiger partial charge in [0.25, 0.3) is 5.91 Å². The molecule has 2 aliphatic heterocycles. The Hall–Kier alpha value is -1.79. The Morgan fingerprint density at radius 3 is 2.28 bits per heavy atom. The largest absolute Gasteiger partial charge is 0.497 e. The summed E-state index contributed by atoms with van der Waals surface area (Å²) in [5.41, 5.74) is 0.597. The van der Waals surface area contributed by atoms with Crippen molar-refractivity contribution in [3.63, 3.8) is 0 Å². The van der Waals surface area contributed by atoms with Gasteiger partial charge in [-0.15, -0.1) is 0 Å². The molecule has 6 nitrogen and oxygen atoms in total. The fraction of sp³-hybridized carbons (Fsp3) is 0.632. The van der Waals surface area contributed by atoms with Crippen LogP contribution in [0.25, 0.3) is 0 Å². The molecule has 0 spiro atoms. The fourth-order valence-corrected chi connectivity index (χ4v) is 3.83. The van der Waals surface area contributed by atoms with Gasteiger partial charge in [-0.05, 0) is 44.5 Å². The van der Waals surface area contributed by atoms with Gasteiger partial charge in [-0.3, -0.25) is 4.79 Å². The lowest BCUT2D eigenvalue weighted by Gasteiger charge is -2.28. The number of hydrogen-bond acceptors (Lipinski definition) is 5. The van der Waals surface area contributed by atoms with E-state index in [-0.39, 0.29) is 18.1 Å². The van der Waals surface area contributed by atoms with Gasteiger partial charge in [0.05, 0.1) is 20.3 Å². The van der Waals surface area contributed by atoms with Crippen molar-refractivity contribution in [1.82, 2.24) is 9.80 Å². The average Bonchev–Trinajstić information content (AvgIpc) is 3.30. The minimum atomic E-state index is 0.0148. The summed E-state index contributed by atoms with van der Waals surface area (Å²) in [6.07, 6.45) is 3.49. The van der Waals surface area contributed by atoms with Crippen LogP contribution in [0.1, 0.15) is 29.6 Å². The maximum atomic E-state index is 13.2. The Bertz CT molecular complexity index is 579. The molecule has 2 atom stereocenters. The van der Waals surface area contributed by atoms with Crippen LogP contribution in [0.3, 0.4) is 0 Å². The summed E-state index contributed by atoms with van der Waals surface area (Å²) in [6.45, 7) is 3.81. The number of methoxy groups -OCH3 is 3. The Balaban J connectivity index is 1.80. The summed E-state index contributed by atoms with van der Waals surface area (Å²) in [5, 5.41) is 0. The molecule has 0 unspecified atom stereocenters. The van der Waals surface area contributed by atoms with E-state index < -0.39 is 0 Å². The van der Waals surface area contributed by atoms with E-state index in [1.807, 2.05) is 4.90 Å². The molecule has 0 N–H and O–H groups in total. The monoisotopic (exact) mass is 348 g/mol. The van der Waals surface area contributed by atoms with Gasteiger partial charge in [0.1, 0.15) is 11.5 Å². The number of carbonyl (C=O) groups excluding carboxylic acids is 1. The maximum absolute atomic E-state index is 13.2. The van der Waals surface area contributed by atoms with Crippen molar-refractivity contribution in [2.45, 2.75) is 31.4 Å². The van der Waals surface area contributed by atoms with E-state index >= 15 is 0 Å². The molecule has 6 heteroatoms. The summed E-state index contributed by atoms with van der Waals surface area (Å²) in [7, 11) is 4.91. The lowest BCUT2D eigenvalue weighted by atomic mass is 10.1. The minimum Gasteiger partial charge on any atom is -0.497 e. The number of likely N-dealkylation sites (tertiary alicyclic amines) is 2. The van der Waals surface area contributed by atoms with E-state index in [1.54, 1.807) is 39.5 Å². The summed E-state index contributed by atoms with van der Waals surface area (Å²) < 4.78 is 16.2. The molecule has 3 rings (SSSR count). The number of amides is 1. The van der Waals surface area contributed by atoms with Crippen LogP contribution in [0.5, 0.6) is 11.5 Å². The number of rotatable bonds is 6. The second-order valence-corrected chi connectivity index (χ2v) is 6.81. The highest BCUT2D eigenvalue weighted by Gasteiger charge is 2.37. The molecule has 0 saturated carbocycles. The normalized spacial score (nSPS) is 23.9. The van der Waals surface area contributed by atoms with Crippen molar-refractivity contribution in [3.8, 4) is 11.5 Å². The van der Waals surface area contributed by atoms with Gasteiger partial charge >= 0.3 is 0 Å². The Morgan fingerprint density at radius 2 is 1.72 bits per heavy atom. The second kappa shape index (κ2) is 8.06. The van der Waals surface area contributed by atoms with Crippen LogP contribution in [-0.2, 0) is 4.74 Å². The molecular formula is C19H28N2O4. The maximum Gasteiger partial charge on any atom is 0.254 e. The first-order chi connectivity index (χ1) is 12.1. The molecule has 0 aromatic heterocycles. The number of ether oxygens (including phenoxy) is 3. The molecule has 2 fully saturated rings. The van der Waals surface area contributed by atoms with E-state index in [0.717, 1.165) is 26.1 Å². The molecule has 0 radical (unpaired) electrons. The topological polar surface area (TPSA) is 51.2 Å². The predicted molar refractivity (Wildman–Crippen MR) is 95.5 cm³/mol. The van der Waals surface area contributed by atoms with Crippen molar-refractivity contribution >= 4 is 5.91 Å². The highest BCUT2D eigenvalue weighted by Crippen LogP contribution is 2.28. The second-order valence-electron chi connectivity index (χ2n) is 6.81. The number of carbonyl (C=O) groups is 1. The molecule has 2 saturated heterocycles. The highest BCUT2D eigenvalue weighted by molar-refractivity contribution is 5.95. The zero-order valence-corrected chi connectivity index (χ0v) is 15.4. The van der Waals surface area contributed by atoms with Crippen LogP contribution in [0.4, 0.5) is 0 Å². The molecule has 1 aromatic carbocycles. The van der Waals surface area contributed by atoms with Gasteiger partial charge in [0, 0.05) is 37.9 Å². The molecule has 2 heterocycles. The van der Waals surface area contributed by atoms with Gasteiger partial charge in [0.2, 0.25) is 0 Å². The number of benzene rings is 1. The predicted octanol–water partition coefficient (Wildman–Crippen LogP) is 2.03. The average molecular weight is 348 g/mol. The SMILES string of the molecule is COc1cc(OC)cc(C(=O)N2C[C@@H](OC)C[C@H]2CN2CCCC2)c1. The quantitative estimate of drug-likeness (QED) is 0.787. The summed E-state index contributed by atoms with van der Waals surface area (Å²) in [6, 6.07) is 5.52. The third-order valence-corrected chi connectivity index (χ3v) is 5.24. The first-order valence-electron chi connectivity index (χ1n) is 8.93. The van der Waals surface area contributed by atoms with Gasteiger partial charge in [-0.1, -0.05) is 0 Å². The lowest BCUT2D eigenvalue weighted by Crippen LogP contribution is -2.42. The Morgan fingerprint density at radius 1 is 1.08 bits per heavy atom. The van der Waals surface area contributed by atoms with Crippen LogP contribution in [0.2, 0.25) is 0 Å². The zero-order chi connectivity index (χ0) is 17.8. The van der Waals surface area contributed by atoms with Crippen molar-refractivity contribution in [1.29, 1.82) is 0 Å². The first-order valence-corrected chi connectivity index (χ1v) is 8.93. The minimum absolute atomic E-state index is 0.0148. The van der Waals surface area contributed by atoms with Crippen molar-refractivity contribution in [2.75, 3.05) is 47.5 Å². The third kappa shape index (κ3) is 4.07. The van der Waals surface area contributed by atoms with Crippen molar-refractivity contribution < 1.29 is 19.0 Å².